The molecule has 0 aliphatic heterocycles. The maximum absolute atomic E-state index is 13.5. The summed E-state index contributed by atoms with van der Waals surface area (Å²) in [6.45, 7) is -0.637. The van der Waals surface area contributed by atoms with Crippen LogP contribution in [0.4, 0.5) is 30.7 Å². The van der Waals surface area contributed by atoms with E-state index in [0.717, 1.165) is 24.1 Å². The minimum atomic E-state index is -5.05. The normalized spacial score (nSPS) is 12.1. The van der Waals surface area contributed by atoms with Gasteiger partial charge in [-0.15, -0.1) is 0 Å². The van der Waals surface area contributed by atoms with Crippen LogP contribution < -0.4 is 5.56 Å². The Kier molecular flexibility index (Phi) is 6.53. The van der Waals surface area contributed by atoms with Crippen molar-refractivity contribution < 1.29 is 35.5 Å². The van der Waals surface area contributed by atoms with Crippen molar-refractivity contribution in [1.82, 2.24) is 14.9 Å². The Bertz CT molecular complexity index is 1510. The van der Waals surface area contributed by atoms with Crippen LogP contribution in [0.2, 0.25) is 0 Å². The van der Waals surface area contributed by atoms with Gasteiger partial charge in [-0.2, -0.15) is 26.3 Å². The van der Waals surface area contributed by atoms with E-state index in [1.807, 2.05) is 0 Å². The van der Waals surface area contributed by atoms with Crippen molar-refractivity contribution in [2.45, 2.75) is 18.9 Å². The number of carbonyl (C=O) groups excluding carboxylic acids is 1. The van der Waals surface area contributed by atoms with Crippen molar-refractivity contribution in [3.63, 3.8) is 0 Å². The molecule has 0 unspecified atom stereocenters. The summed E-state index contributed by atoms with van der Waals surface area (Å²) in [5.41, 5.74) is -4.02. The monoisotopic (exact) mass is 523 g/mol. The molecule has 0 radical (unpaired) electrons. The summed E-state index contributed by atoms with van der Waals surface area (Å²) in [5, 5.41) is 0.244. The van der Waals surface area contributed by atoms with E-state index >= 15 is 0 Å². The first-order valence-electron chi connectivity index (χ1n) is 10.6. The molecule has 0 bridgehead atoms. The van der Waals surface area contributed by atoms with Gasteiger partial charge in [0.05, 0.1) is 11.1 Å². The number of hydrogen-bond donors (Lipinski definition) is 1. The fourth-order valence-corrected chi connectivity index (χ4v) is 3.88. The third-order valence-electron chi connectivity index (χ3n) is 5.54. The van der Waals surface area contributed by atoms with E-state index in [-0.39, 0.29) is 28.2 Å². The fourth-order valence-electron chi connectivity index (χ4n) is 3.88. The number of fused-ring (bicyclic) bond motifs is 1. The summed E-state index contributed by atoms with van der Waals surface area (Å²) in [4.78, 5) is 33.3. The zero-order chi connectivity index (χ0) is 27.1. The molecule has 37 heavy (non-hydrogen) atoms. The third kappa shape index (κ3) is 5.32. The van der Waals surface area contributed by atoms with Crippen LogP contribution in [0.1, 0.15) is 27.2 Å². The van der Waals surface area contributed by atoms with Crippen molar-refractivity contribution in [2.75, 3.05) is 7.05 Å². The standard InChI is InChI=1S/C25H16F7N3O2/c1-35(12-13-9-15(24(27,28)29)11-16(10-13)25(30,31)32)23(37)21-19(14-4-6-17(26)7-5-14)18-3-2-8-33-20(18)22(36)34-21/h2-11H,12H2,1H3,(H,34,36). The van der Waals surface area contributed by atoms with Gasteiger partial charge in [0.25, 0.3) is 11.5 Å². The molecule has 0 atom stereocenters. The molecule has 1 amide bonds. The zero-order valence-electron chi connectivity index (χ0n) is 18.8. The lowest BCUT2D eigenvalue weighted by Crippen LogP contribution is -2.30. The van der Waals surface area contributed by atoms with Crippen LogP contribution in [-0.2, 0) is 18.9 Å². The number of aromatic amines is 1. The van der Waals surface area contributed by atoms with E-state index in [9.17, 15) is 40.3 Å². The Morgan fingerprint density at radius 3 is 2.11 bits per heavy atom. The lowest BCUT2D eigenvalue weighted by Gasteiger charge is -2.21. The van der Waals surface area contributed by atoms with Crippen molar-refractivity contribution in [3.05, 3.63) is 99.3 Å². The smallest absolute Gasteiger partial charge is 0.336 e. The van der Waals surface area contributed by atoms with Crippen LogP contribution in [0.3, 0.4) is 0 Å². The van der Waals surface area contributed by atoms with Crippen LogP contribution in [0, 0.1) is 5.82 Å². The molecule has 0 fully saturated rings. The lowest BCUT2D eigenvalue weighted by atomic mass is 9.98. The predicted molar refractivity (Wildman–Crippen MR) is 120 cm³/mol. The van der Waals surface area contributed by atoms with Crippen molar-refractivity contribution in [1.29, 1.82) is 0 Å². The molecular weight excluding hydrogens is 507 g/mol. The van der Waals surface area contributed by atoms with Gasteiger partial charge >= 0.3 is 12.4 Å². The molecule has 4 rings (SSSR count). The maximum Gasteiger partial charge on any atom is 0.416 e. The number of H-pyrrole nitrogens is 1. The van der Waals surface area contributed by atoms with E-state index < -0.39 is 52.9 Å². The van der Waals surface area contributed by atoms with E-state index in [1.165, 1.54) is 30.5 Å². The second-order valence-electron chi connectivity index (χ2n) is 8.19. The van der Waals surface area contributed by atoms with Crippen LogP contribution >= 0.6 is 0 Å². The molecule has 5 nitrogen and oxygen atoms in total. The van der Waals surface area contributed by atoms with Crippen LogP contribution in [0.15, 0.2) is 65.6 Å². The minimum absolute atomic E-state index is 0.00816. The van der Waals surface area contributed by atoms with Gasteiger partial charge in [0.1, 0.15) is 17.0 Å². The number of amides is 1. The van der Waals surface area contributed by atoms with Gasteiger partial charge < -0.3 is 9.88 Å². The van der Waals surface area contributed by atoms with Gasteiger partial charge in [0.15, 0.2) is 0 Å². The van der Waals surface area contributed by atoms with E-state index in [2.05, 4.69) is 9.97 Å². The second kappa shape index (κ2) is 9.34. The van der Waals surface area contributed by atoms with Crippen molar-refractivity contribution >= 4 is 16.8 Å². The highest BCUT2D eigenvalue weighted by molar-refractivity contribution is 6.07. The van der Waals surface area contributed by atoms with Gasteiger partial charge in [0.2, 0.25) is 0 Å². The average molecular weight is 523 g/mol. The summed E-state index contributed by atoms with van der Waals surface area (Å²) in [6.07, 6.45) is -8.75. The van der Waals surface area contributed by atoms with Crippen LogP contribution in [0.5, 0.6) is 0 Å². The molecule has 0 spiro atoms. The largest absolute Gasteiger partial charge is 0.416 e. The van der Waals surface area contributed by atoms with Gasteiger partial charge in [-0.1, -0.05) is 18.2 Å². The molecule has 4 aromatic rings. The number of pyridine rings is 2. The first kappa shape index (κ1) is 25.9. The summed E-state index contributed by atoms with van der Waals surface area (Å²) in [5.74, 6) is -1.46. The maximum atomic E-state index is 13.5. The molecule has 0 aliphatic carbocycles. The van der Waals surface area contributed by atoms with Crippen LogP contribution in [-0.4, -0.2) is 27.8 Å². The number of rotatable bonds is 4. The lowest BCUT2D eigenvalue weighted by molar-refractivity contribution is -0.143. The number of aromatic nitrogens is 2. The van der Waals surface area contributed by atoms with E-state index in [0.29, 0.717) is 17.7 Å². The van der Waals surface area contributed by atoms with E-state index in [1.54, 1.807) is 0 Å². The highest BCUT2D eigenvalue weighted by Gasteiger charge is 2.37. The molecule has 192 valence electrons. The quantitative estimate of drug-likeness (QED) is 0.332. The highest BCUT2D eigenvalue weighted by atomic mass is 19.4. The van der Waals surface area contributed by atoms with Crippen molar-refractivity contribution in [2.24, 2.45) is 0 Å². The molecule has 0 saturated carbocycles. The molecule has 2 heterocycles. The Balaban J connectivity index is 1.81. The topological polar surface area (TPSA) is 66.1 Å². The molecule has 1 N–H and O–H groups in total. The summed E-state index contributed by atoms with van der Waals surface area (Å²) < 4.78 is 93.0. The number of benzene rings is 2. The molecule has 2 aromatic carbocycles. The van der Waals surface area contributed by atoms with Crippen molar-refractivity contribution in [3.8, 4) is 11.1 Å². The first-order valence-corrected chi connectivity index (χ1v) is 10.6. The first-order chi connectivity index (χ1) is 17.3. The molecule has 2 aromatic heterocycles. The Hall–Kier alpha value is -4.22. The summed E-state index contributed by atoms with van der Waals surface area (Å²) in [7, 11) is 1.16. The number of hydrogen-bond acceptors (Lipinski definition) is 3. The third-order valence-corrected chi connectivity index (χ3v) is 5.54. The molecular formula is C25H16F7N3O2. The molecule has 0 aliphatic rings. The van der Waals surface area contributed by atoms with Gasteiger partial charge in [-0.05, 0) is 47.5 Å². The molecule has 0 saturated heterocycles. The zero-order valence-corrected chi connectivity index (χ0v) is 18.8. The van der Waals surface area contributed by atoms with Gasteiger partial charge in [-0.3, -0.25) is 14.6 Å². The van der Waals surface area contributed by atoms with Gasteiger partial charge in [-0.25, -0.2) is 4.39 Å². The average Bonchev–Trinajstić information content (AvgIpc) is 2.83. The second-order valence-corrected chi connectivity index (χ2v) is 8.19. The SMILES string of the molecule is CN(Cc1cc(C(F)(F)F)cc(C(F)(F)F)c1)C(=O)c1[nH]c(=O)c2ncccc2c1-c1ccc(F)cc1. The number of halogens is 7. The number of alkyl halides is 6. The Morgan fingerprint density at radius 2 is 1.54 bits per heavy atom. The van der Waals surface area contributed by atoms with Gasteiger partial charge in [0, 0.05) is 30.7 Å². The predicted octanol–water partition coefficient (Wildman–Crippen LogP) is 6.04. The Labute approximate surface area is 204 Å². The minimum Gasteiger partial charge on any atom is -0.336 e. The van der Waals surface area contributed by atoms with E-state index in [4.69, 9.17) is 0 Å². The summed E-state index contributed by atoms with van der Waals surface area (Å²) in [6, 6.07) is 9.02. The fraction of sp³-hybridized carbons (Fsp3) is 0.160. The summed E-state index contributed by atoms with van der Waals surface area (Å²) >= 11 is 0. The number of carbonyl (C=O) groups is 1. The number of nitrogens with one attached hydrogen (secondary N) is 1. The number of nitrogens with zero attached hydrogens (tertiary/aromatic N) is 2. The Morgan fingerprint density at radius 1 is 0.946 bits per heavy atom. The molecule has 12 heteroatoms. The highest BCUT2D eigenvalue weighted by Crippen LogP contribution is 2.37. The van der Waals surface area contributed by atoms with Crippen LogP contribution in [0.25, 0.3) is 22.0 Å².